The average Bonchev–Trinajstić information content (AvgIpc) is 3.04. The van der Waals surface area contributed by atoms with Crippen LogP contribution in [0.2, 0.25) is 5.02 Å². The van der Waals surface area contributed by atoms with Crippen molar-refractivity contribution in [2.75, 3.05) is 18.1 Å². The minimum absolute atomic E-state index is 0.0471. The molecule has 0 spiro atoms. The van der Waals surface area contributed by atoms with Crippen molar-refractivity contribution >= 4 is 40.7 Å². The van der Waals surface area contributed by atoms with Gasteiger partial charge < -0.3 is 19.8 Å². The molecular weight excluding hydrogens is 518 g/mol. The molecule has 210 valence electrons. The van der Waals surface area contributed by atoms with Gasteiger partial charge in [-0.1, -0.05) is 54.8 Å². The second-order valence-electron chi connectivity index (χ2n) is 9.49. The van der Waals surface area contributed by atoms with E-state index in [1.54, 1.807) is 6.08 Å². The lowest BCUT2D eigenvalue weighted by atomic mass is 10.0. The fourth-order valence-corrected chi connectivity index (χ4v) is 4.33. The number of benzene rings is 2. The maximum Gasteiger partial charge on any atom is 0.328 e. The Balaban J connectivity index is 0.000000580. The standard InChI is InChI=1S/C27H34ClNO2.C4H4O4/c1-21(2)31-20-25(30)12-7-5-3-4-6-10-18-29-26-13-9-8-11-22(26)14-15-23-16-17-24(28)19-27(23)29;5-3(6)1-2-4(7)8/h7-9,11-13,16-17,19,21H,3-6,10,14-15,18,20H2,1-2H3;1-2H,(H,5,6)(H,7,8)/b12-7+;2-1-. The molecule has 0 amide bonds. The number of nitrogens with zero attached hydrogens (tertiary/aromatic N) is 1. The lowest BCUT2D eigenvalue weighted by Gasteiger charge is -2.27. The first kappa shape index (κ1) is 31.8. The molecule has 7 nitrogen and oxygen atoms in total. The number of aryl methyl sites for hydroxylation is 2. The molecule has 0 bridgehead atoms. The molecule has 0 atom stereocenters. The first-order valence-electron chi connectivity index (χ1n) is 13.3. The van der Waals surface area contributed by atoms with Crippen LogP contribution in [0.15, 0.2) is 66.8 Å². The van der Waals surface area contributed by atoms with E-state index in [4.69, 9.17) is 26.6 Å². The van der Waals surface area contributed by atoms with E-state index < -0.39 is 11.9 Å². The SMILES string of the molecule is CC(C)OCC(=O)/C=C/CCCCCCN1c2ccccc2CCc2ccc(Cl)cc21.O=C(O)/C=C\C(=O)O. The minimum Gasteiger partial charge on any atom is -0.478 e. The average molecular weight is 556 g/mol. The van der Waals surface area contributed by atoms with Crippen molar-refractivity contribution in [3.63, 3.8) is 0 Å². The second kappa shape index (κ2) is 17.2. The summed E-state index contributed by atoms with van der Waals surface area (Å²) in [4.78, 5) is 33.2. The lowest BCUT2D eigenvalue weighted by molar-refractivity contribution is -0.134. The number of para-hydroxylation sites is 1. The largest absolute Gasteiger partial charge is 0.478 e. The monoisotopic (exact) mass is 555 g/mol. The van der Waals surface area contributed by atoms with E-state index >= 15 is 0 Å². The molecule has 0 saturated heterocycles. The number of fused-ring (bicyclic) bond motifs is 2. The van der Waals surface area contributed by atoms with Crippen molar-refractivity contribution in [1.29, 1.82) is 0 Å². The van der Waals surface area contributed by atoms with Crippen LogP contribution in [-0.2, 0) is 32.0 Å². The molecular formula is C31H38ClNO6. The van der Waals surface area contributed by atoms with Gasteiger partial charge in [0.05, 0.1) is 6.10 Å². The quantitative estimate of drug-likeness (QED) is 0.207. The van der Waals surface area contributed by atoms with Crippen molar-refractivity contribution in [2.45, 2.75) is 64.9 Å². The maximum absolute atomic E-state index is 11.7. The molecule has 0 unspecified atom stereocenters. The fourth-order valence-electron chi connectivity index (χ4n) is 4.17. The zero-order valence-corrected chi connectivity index (χ0v) is 23.4. The highest BCUT2D eigenvalue weighted by atomic mass is 35.5. The number of carboxylic acid groups (broad SMARTS) is 2. The number of aliphatic carboxylic acids is 2. The van der Waals surface area contributed by atoms with Crippen LogP contribution >= 0.6 is 11.6 Å². The zero-order valence-electron chi connectivity index (χ0n) is 22.6. The highest BCUT2D eigenvalue weighted by Crippen LogP contribution is 2.37. The topological polar surface area (TPSA) is 104 Å². The molecule has 2 N–H and O–H groups in total. The smallest absolute Gasteiger partial charge is 0.328 e. The van der Waals surface area contributed by atoms with E-state index in [0.29, 0.717) is 12.2 Å². The minimum atomic E-state index is -1.26. The van der Waals surface area contributed by atoms with Gasteiger partial charge in [-0.15, -0.1) is 0 Å². The molecule has 2 aromatic carbocycles. The zero-order chi connectivity index (χ0) is 28.6. The highest BCUT2D eigenvalue weighted by Gasteiger charge is 2.20. The first-order chi connectivity index (χ1) is 18.7. The van der Waals surface area contributed by atoms with Crippen LogP contribution in [0.3, 0.4) is 0 Å². The molecule has 0 aliphatic carbocycles. The Bertz CT molecular complexity index is 1140. The molecule has 2 aromatic rings. The van der Waals surface area contributed by atoms with E-state index in [-0.39, 0.29) is 18.5 Å². The van der Waals surface area contributed by atoms with Gasteiger partial charge in [0, 0.05) is 35.1 Å². The van der Waals surface area contributed by atoms with Gasteiger partial charge in [-0.3, -0.25) is 4.79 Å². The summed E-state index contributed by atoms with van der Waals surface area (Å²) in [6, 6.07) is 15.0. The van der Waals surface area contributed by atoms with Crippen molar-refractivity contribution in [1.82, 2.24) is 0 Å². The van der Waals surface area contributed by atoms with Gasteiger partial charge in [0.15, 0.2) is 5.78 Å². The molecule has 3 rings (SSSR count). The first-order valence-corrected chi connectivity index (χ1v) is 13.6. The number of anilines is 2. The number of ketones is 1. The Kier molecular flexibility index (Phi) is 14.0. The van der Waals surface area contributed by atoms with E-state index in [9.17, 15) is 14.4 Å². The predicted molar refractivity (Wildman–Crippen MR) is 155 cm³/mol. The molecule has 39 heavy (non-hydrogen) atoms. The Hall–Kier alpha value is -3.42. The van der Waals surface area contributed by atoms with E-state index in [1.165, 1.54) is 35.3 Å². The number of allylic oxidation sites excluding steroid dienone is 1. The molecule has 0 saturated carbocycles. The van der Waals surface area contributed by atoms with Crippen LogP contribution in [0.1, 0.15) is 57.1 Å². The van der Waals surface area contributed by atoms with Crippen LogP contribution in [0.4, 0.5) is 11.4 Å². The van der Waals surface area contributed by atoms with Crippen molar-refractivity contribution in [3.05, 3.63) is 82.9 Å². The molecule has 8 heteroatoms. The maximum atomic E-state index is 11.7. The molecule has 1 aliphatic rings. The normalized spacial score (nSPS) is 12.6. The van der Waals surface area contributed by atoms with E-state index in [0.717, 1.165) is 43.7 Å². The van der Waals surface area contributed by atoms with Crippen LogP contribution < -0.4 is 4.90 Å². The van der Waals surface area contributed by atoms with Gasteiger partial charge in [0.2, 0.25) is 0 Å². The fraction of sp³-hybridized carbons (Fsp3) is 0.387. The number of halogens is 1. The number of carbonyl (C=O) groups is 3. The van der Waals surface area contributed by atoms with Gasteiger partial charge in [-0.25, -0.2) is 9.59 Å². The third kappa shape index (κ3) is 12.3. The van der Waals surface area contributed by atoms with Crippen molar-refractivity contribution in [3.8, 4) is 0 Å². The summed E-state index contributed by atoms with van der Waals surface area (Å²) in [7, 11) is 0. The number of unbranched alkanes of at least 4 members (excludes halogenated alkanes) is 4. The molecule has 1 aliphatic heterocycles. The number of carbonyl (C=O) groups excluding carboxylic acids is 1. The lowest BCUT2D eigenvalue weighted by Crippen LogP contribution is -2.19. The van der Waals surface area contributed by atoms with Gasteiger partial charge in [-0.2, -0.15) is 0 Å². The van der Waals surface area contributed by atoms with Crippen molar-refractivity contribution in [2.24, 2.45) is 0 Å². The summed E-state index contributed by atoms with van der Waals surface area (Å²) in [6.45, 7) is 5.05. The third-order valence-corrected chi connectivity index (χ3v) is 6.25. The second-order valence-corrected chi connectivity index (χ2v) is 9.93. The Morgan fingerprint density at radius 2 is 1.54 bits per heavy atom. The highest BCUT2D eigenvalue weighted by molar-refractivity contribution is 6.30. The molecule has 0 radical (unpaired) electrons. The van der Waals surface area contributed by atoms with E-state index in [1.807, 2.05) is 26.0 Å². The summed E-state index contributed by atoms with van der Waals surface area (Å²) in [5, 5.41) is 16.4. The van der Waals surface area contributed by atoms with Gasteiger partial charge in [0.1, 0.15) is 6.61 Å². The van der Waals surface area contributed by atoms with Gasteiger partial charge in [0.25, 0.3) is 0 Å². The van der Waals surface area contributed by atoms with Gasteiger partial charge in [-0.05, 0) is 81.4 Å². The molecule has 0 fully saturated rings. The van der Waals surface area contributed by atoms with Gasteiger partial charge >= 0.3 is 11.9 Å². The van der Waals surface area contributed by atoms with Crippen molar-refractivity contribution < 1.29 is 29.3 Å². The van der Waals surface area contributed by atoms with Crippen LogP contribution in [-0.4, -0.2) is 47.2 Å². The Labute approximate surface area is 235 Å². The summed E-state index contributed by atoms with van der Waals surface area (Å²) in [5.74, 6) is -2.47. The number of hydrogen-bond acceptors (Lipinski definition) is 5. The van der Waals surface area contributed by atoms with Crippen LogP contribution in [0.5, 0.6) is 0 Å². The van der Waals surface area contributed by atoms with Crippen LogP contribution in [0, 0.1) is 0 Å². The Morgan fingerprint density at radius 1 is 0.897 bits per heavy atom. The number of ether oxygens (including phenoxy) is 1. The summed E-state index contributed by atoms with van der Waals surface area (Å²) < 4.78 is 5.32. The summed E-state index contributed by atoms with van der Waals surface area (Å²) in [6.07, 6.45) is 12.5. The summed E-state index contributed by atoms with van der Waals surface area (Å²) in [5.41, 5.74) is 5.35. The third-order valence-electron chi connectivity index (χ3n) is 6.02. The summed E-state index contributed by atoms with van der Waals surface area (Å²) >= 11 is 6.35. The Morgan fingerprint density at radius 3 is 2.21 bits per heavy atom. The molecule has 1 heterocycles. The molecule has 0 aromatic heterocycles. The predicted octanol–water partition coefficient (Wildman–Crippen LogP) is 6.79. The van der Waals surface area contributed by atoms with E-state index in [2.05, 4.69) is 41.3 Å². The number of rotatable bonds is 13. The van der Waals surface area contributed by atoms with Crippen LogP contribution in [0.25, 0.3) is 0 Å². The number of hydrogen-bond donors (Lipinski definition) is 2. The number of carboxylic acids is 2.